The second-order valence-corrected chi connectivity index (χ2v) is 9.08. The first-order valence-electron chi connectivity index (χ1n) is 10.7. The summed E-state index contributed by atoms with van der Waals surface area (Å²) in [6.45, 7) is -0.551. The summed E-state index contributed by atoms with van der Waals surface area (Å²) in [5.74, 6) is -2.01. The number of carbonyl (C=O) groups is 4. The summed E-state index contributed by atoms with van der Waals surface area (Å²) in [5, 5.41) is 10.1. The van der Waals surface area contributed by atoms with Crippen molar-refractivity contribution in [2.75, 3.05) is 17.2 Å². The van der Waals surface area contributed by atoms with Gasteiger partial charge in [0.25, 0.3) is 5.69 Å². The van der Waals surface area contributed by atoms with Gasteiger partial charge < -0.3 is 10.5 Å². The molecular weight excluding hydrogens is 486 g/mol. The van der Waals surface area contributed by atoms with Gasteiger partial charge in [0.15, 0.2) is 12.4 Å². The number of thioether (sulfide) groups is 1. The molecule has 2 N–H and O–H groups in total. The number of Topliss-reactive ketones (excluding diaryl/α,β-unsaturated/α-hetero) is 1. The van der Waals surface area contributed by atoms with Crippen LogP contribution in [0.4, 0.5) is 17.1 Å². The molecule has 0 aromatic heterocycles. The van der Waals surface area contributed by atoms with Gasteiger partial charge in [-0.1, -0.05) is 6.07 Å². The van der Waals surface area contributed by atoms with E-state index >= 15 is 0 Å². The molecule has 3 aromatic rings. The largest absolute Gasteiger partial charge is 0.454 e. The molecule has 2 amide bonds. The number of ketones is 1. The van der Waals surface area contributed by atoms with Gasteiger partial charge in [-0.15, -0.1) is 11.8 Å². The molecule has 4 rings (SSSR count). The minimum absolute atomic E-state index is 0.0346. The number of nitrogens with two attached hydrogens (primary N) is 1. The van der Waals surface area contributed by atoms with E-state index in [-0.39, 0.29) is 35.0 Å². The number of nitro benzene ring substituents is 1. The maximum absolute atomic E-state index is 12.9. The normalized spacial score (nSPS) is 15.1. The Balaban J connectivity index is 1.36. The molecule has 3 aromatic carbocycles. The minimum atomic E-state index is -0.772. The van der Waals surface area contributed by atoms with Crippen LogP contribution >= 0.6 is 11.8 Å². The fraction of sp³-hybridized carbons (Fsp3) is 0.120. The molecule has 0 bridgehead atoms. The highest BCUT2D eigenvalue weighted by Crippen LogP contribution is 2.34. The molecule has 182 valence electrons. The molecule has 0 radical (unpaired) electrons. The number of benzene rings is 3. The number of anilines is 2. The first-order valence-corrected chi connectivity index (χ1v) is 11.5. The van der Waals surface area contributed by atoms with Gasteiger partial charge in [-0.05, 0) is 54.6 Å². The number of nitro groups is 1. The molecule has 1 atom stereocenters. The van der Waals surface area contributed by atoms with Crippen molar-refractivity contribution in [3.05, 3.63) is 94.0 Å². The van der Waals surface area contributed by atoms with E-state index in [0.29, 0.717) is 11.4 Å². The highest BCUT2D eigenvalue weighted by atomic mass is 32.2. The molecule has 0 aliphatic carbocycles. The van der Waals surface area contributed by atoms with Crippen LogP contribution in [0.15, 0.2) is 77.7 Å². The number of nitrogens with zero attached hydrogens (tertiary/aromatic N) is 2. The van der Waals surface area contributed by atoms with Crippen LogP contribution in [0.3, 0.4) is 0 Å². The minimum Gasteiger partial charge on any atom is -0.454 e. The van der Waals surface area contributed by atoms with Crippen molar-refractivity contribution in [2.45, 2.75) is 16.6 Å². The van der Waals surface area contributed by atoms with Gasteiger partial charge in [-0.2, -0.15) is 0 Å². The molecule has 1 heterocycles. The number of carbonyl (C=O) groups excluding carboxylic acids is 4. The third kappa shape index (κ3) is 5.41. The smallest absolute Gasteiger partial charge is 0.338 e. The zero-order chi connectivity index (χ0) is 25.8. The lowest BCUT2D eigenvalue weighted by molar-refractivity contribution is -0.384. The number of ether oxygens (including phenoxy) is 1. The van der Waals surface area contributed by atoms with Crippen LogP contribution in [-0.2, 0) is 14.3 Å². The number of imide groups is 1. The van der Waals surface area contributed by atoms with Gasteiger partial charge in [0.05, 0.1) is 21.4 Å². The van der Waals surface area contributed by atoms with E-state index in [1.165, 1.54) is 60.3 Å². The standard InChI is InChI=1S/C25H19N3O7S/c26-17-2-1-3-20(12-17)36-22-13-23(30)27(24(22)31)18-8-6-16(7-9-18)25(32)35-14-21(29)15-4-10-19(11-5-15)28(33)34/h1-12,22H,13-14,26H2/t22-/m0/s1. The number of hydrogen-bond donors (Lipinski definition) is 1. The summed E-state index contributed by atoms with van der Waals surface area (Å²) in [4.78, 5) is 62.0. The third-order valence-corrected chi connectivity index (χ3v) is 6.52. The number of hydrogen-bond acceptors (Lipinski definition) is 9. The van der Waals surface area contributed by atoms with Crippen molar-refractivity contribution in [1.29, 1.82) is 0 Å². The third-order valence-electron chi connectivity index (χ3n) is 5.34. The number of rotatable bonds is 8. The van der Waals surface area contributed by atoms with Crippen LogP contribution in [0, 0.1) is 10.1 Å². The van der Waals surface area contributed by atoms with Gasteiger partial charge in [-0.25, -0.2) is 9.69 Å². The van der Waals surface area contributed by atoms with Gasteiger partial charge in [0, 0.05) is 34.7 Å². The van der Waals surface area contributed by atoms with Gasteiger partial charge >= 0.3 is 5.97 Å². The number of esters is 1. The predicted molar refractivity (Wildman–Crippen MR) is 132 cm³/mol. The second kappa shape index (κ2) is 10.4. The maximum Gasteiger partial charge on any atom is 0.338 e. The lowest BCUT2D eigenvalue weighted by atomic mass is 10.1. The molecule has 36 heavy (non-hydrogen) atoms. The van der Waals surface area contributed by atoms with Crippen molar-refractivity contribution in [2.24, 2.45) is 0 Å². The second-order valence-electron chi connectivity index (χ2n) is 7.80. The van der Waals surface area contributed by atoms with Crippen molar-refractivity contribution in [1.82, 2.24) is 0 Å². The average molecular weight is 506 g/mol. The highest BCUT2D eigenvalue weighted by molar-refractivity contribution is 8.00. The number of amides is 2. The highest BCUT2D eigenvalue weighted by Gasteiger charge is 2.40. The summed E-state index contributed by atoms with van der Waals surface area (Å²) in [7, 11) is 0. The Morgan fingerprint density at radius 3 is 2.33 bits per heavy atom. The summed E-state index contributed by atoms with van der Waals surface area (Å²) in [5.41, 5.74) is 6.79. The van der Waals surface area contributed by atoms with Crippen LogP contribution < -0.4 is 10.6 Å². The van der Waals surface area contributed by atoms with E-state index in [1.807, 2.05) is 6.07 Å². The summed E-state index contributed by atoms with van der Waals surface area (Å²) >= 11 is 1.26. The molecule has 1 fully saturated rings. The zero-order valence-corrected chi connectivity index (χ0v) is 19.5. The Hall–Kier alpha value is -4.51. The Morgan fingerprint density at radius 1 is 1.03 bits per heavy atom. The quantitative estimate of drug-likeness (QED) is 0.121. The van der Waals surface area contributed by atoms with Crippen LogP contribution in [0.5, 0.6) is 0 Å². The van der Waals surface area contributed by atoms with E-state index < -0.39 is 28.5 Å². The monoisotopic (exact) mass is 505 g/mol. The molecule has 10 nitrogen and oxygen atoms in total. The van der Waals surface area contributed by atoms with E-state index in [4.69, 9.17) is 10.5 Å². The predicted octanol–water partition coefficient (Wildman–Crippen LogP) is 3.64. The van der Waals surface area contributed by atoms with E-state index in [2.05, 4.69) is 0 Å². The Labute approximate surface area is 209 Å². The maximum atomic E-state index is 12.9. The molecule has 0 unspecified atom stereocenters. The van der Waals surface area contributed by atoms with E-state index in [1.54, 1.807) is 18.2 Å². The molecular formula is C25H19N3O7S. The SMILES string of the molecule is Nc1cccc(S[C@H]2CC(=O)N(c3ccc(C(=O)OCC(=O)c4ccc([N+](=O)[O-])cc4)cc3)C2=O)c1. The lowest BCUT2D eigenvalue weighted by Crippen LogP contribution is -2.31. The summed E-state index contributed by atoms with van der Waals surface area (Å²) in [6, 6.07) is 17.7. The average Bonchev–Trinajstić information content (AvgIpc) is 3.14. The van der Waals surface area contributed by atoms with Crippen molar-refractivity contribution in [3.8, 4) is 0 Å². The van der Waals surface area contributed by atoms with Gasteiger partial charge in [0.2, 0.25) is 11.8 Å². The lowest BCUT2D eigenvalue weighted by Gasteiger charge is -2.15. The fourth-order valence-corrected chi connectivity index (χ4v) is 4.65. The fourth-order valence-electron chi connectivity index (χ4n) is 3.53. The van der Waals surface area contributed by atoms with Crippen molar-refractivity contribution < 1.29 is 28.8 Å². The molecule has 0 saturated carbocycles. The number of nitrogen functional groups attached to an aromatic ring is 1. The van der Waals surface area contributed by atoms with Gasteiger partial charge in [0.1, 0.15) is 0 Å². The molecule has 0 spiro atoms. The topological polar surface area (TPSA) is 150 Å². The summed E-state index contributed by atoms with van der Waals surface area (Å²) < 4.78 is 5.04. The van der Waals surface area contributed by atoms with E-state index in [9.17, 15) is 29.3 Å². The molecule has 11 heteroatoms. The summed E-state index contributed by atoms with van der Waals surface area (Å²) in [6.07, 6.45) is 0.0346. The first kappa shape index (κ1) is 24.6. The zero-order valence-electron chi connectivity index (χ0n) is 18.7. The molecule has 1 saturated heterocycles. The van der Waals surface area contributed by atoms with Crippen LogP contribution in [-0.4, -0.2) is 40.3 Å². The Kier molecular flexibility index (Phi) is 7.11. The van der Waals surface area contributed by atoms with Gasteiger partial charge in [-0.3, -0.25) is 24.5 Å². The van der Waals surface area contributed by atoms with Crippen LogP contribution in [0.2, 0.25) is 0 Å². The van der Waals surface area contributed by atoms with Crippen LogP contribution in [0.25, 0.3) is 0 Å². The van der Waals surface area contributed by atoms with E-state index in [0.717, 1.165) is 9.80 Å². The van der Waals surface area contributed by atoms with Crippen molar-refractivity contribution in [3.63, 3.8) is 0 Å². The Bertz CT molecular complexity index is 1360. The molecule has 1 aliphatic rings. The molecule has 1 aliphatic heterocycles. The number of non-ortho nitro benzene ring substituents is 1. The Morgan fingerprint density at radius 2 is 1.69 bits per heavy atom. The first-order chi connectivity index (χ1) is 17.2. The van der Waals surface area contributed by atoms with Crippen molar-refractivity contribution >= 4 is 52.4 Å². The van der Waals surface area contributed by atoms with Crippen LogP contribution in [0.1, 0.15) is 27.1 Å².